The fourth-order valence-electron chi connectivity index (χ4n) is 4.28. The highest BCUT2D eigenvalue weighted by Gasteiger charge is 2.19. The lowest BCUT2D eigenvalue weighted by molar-refractivity contribution is 0.0950. The largest absolute Gasteiger partial charge is 0.491 e. The Labute approximate surface area is 236 Å². The van der Waals surface area contributed by atoms with Gasteiger partial charge >= 0.3 is 0 Å². The van der Waals surface area contributed by atoms with Crippen LogP contribution in [0.1, 0.15) is 59.9 Å². The Hall–Kier alpha value is -3.95. The van der Waals surface area contributed by atoms with E-state index in [1.807, 2.05) is 77.1 Å². The van der Waals surface area contributed by atoms with Crippen LogP contribution in [-0.4, -0.2) is 53.3 Å². The zero-order valence-electron chi connectivity index (χ0n) is 24.2. The third kappa shape index (κ3) is 8.27. The van der Waals surface area contributed by atoms with Gasteiger partial charge in [-0.15, -0.1) is 0 Å². The predicted molar refractivity (Wildman–Crippen MR) is 161 cm³/mol. The number of ether oxygens (including phenoxy) is 1. The second-order valence-corrected chi connectivity index (χ2v) is 10.1. The molecule has 0 saturated carbocycles. The highest BCUT2D eigenvalue weighted by molar-refractivity contribution is 6.00. The molecule has 0 aliphatic rings. The Morgan fingerprint density at radius 2 is 1.98 bits per heavy atom. The van der Waals surface area contributed by atoms with Gasteiger partial charge in [0.05, 0.1) is 11.3 Å². The van der Waals surface area contributed by atoms with E-state index in [-0.39, 0.29) is 30.7 Å². The zero-order valence-corrected chi connectivity index (χ0v) is 24.2. The number of aliphatic hydroxyl groups excluding tert-OH is 1. The maximum atomic E-state index is 13.6. The number of aryl methyl sites for hydroxylation is 2. The number of allylic oxidation sites excluding steroid dienone is 1. The first kappa shape index (κ1) is 30.6. The molecule has 2 aromatic heterocycles. The van der Waals surface area contributed by atoms with Crippen LogP contribution in [-0.2, 0) is 6.54 Å². The molecule has 0 aliphatic carbocycles. The molecule has 0 saturated heterocycles. The summed E-state index contributed by atoms with van der Waals surface area (Å²) in [7, 11) is 1.77. The molecule has 9 heteroatoms. The van der Waals surface area contributed by atoms with Crippen molar-refractivity contribution in [3.63, 3.8) is 0 Å². The molecular weight excluding hydrogens is 506 g/mol. The number of hydrogen-bond donors (Lipinski definition) is 5. The molecule has 1 atom stereocenters. The SMILES string of the molecule is CC/C=C/c1c(C(=O)NCc2c(C)cc(C)[nH]c2=O)cc(-c2cccc(OCC(O)CNC)c2)nc1NC(C)C. The van der Waals surface area contributed by atoms with Crippen LogP contribution < -0.4 is 26.2 Å². The Bertz CT molecular complexity index is 1400. The summed E-state index contributed by atoms with van der Waals surface area (Å²) < 4.78 is 5.79. The van der Waals surface area contributed by atoms with Crippen LogP contribution in [0.3, 0.4) is 0 Å². The minimum Gasteiger partial charge on any atom is -0.491 e. The molecule has 0 bridgehead atoms. The Balaban J connectivity index is 2.03. The van der Waals surface area contributed by atoms with Crippen LogP contribution in [0.15, 0.2) is 47.3 Å². The van der Waals surface area contributed by atoms with Crippen LogP contribution in [0.4, 0.5) is 5.82 Å². The van der Waals surface area contributed by atoms with Crippen LogP contribution in [0, 0.1) is 13.8 Å². The number of nitrogens with zero attached hydrogens (tertiary/aromatic N) is 1. The van der Waals surface area contributed by atoms with Crippen LogP contribution in [0.5, 0.6) is 5.75 Å². The highest BCUT2D eigenvalue weighted by Crippen LogP contribution is 2.29. The molecule has 3 rings (SSSR count). The van der Waals surface area contributed by atoms with Gasteiger partial charge in [0.1, 0.15) is 24.3 Å². The number of carbonyl (C=O) groups is 1. The molecular formula is C31H41N5O4. The van der Waals surface area contributed by atoms with E-state index >= 15 is 0 Å². The van der Waals surface area contributed by atoms with Crippen molar-refractivity contribution in [2.45, 2.75) is 59.7 Å². The van der Waals surface area contributed by atoms with Gasteiger partial charge in [-0.3, -0.25) is 9.59 Å². The number of benzene rings is 1. The first-order chi connectivity index (χ1) is 19.1. The number of rotatable bonds is 13. The summed E-state index contributed by atoms with van der Waals surface area (Å²) >= 11 is 0. The average Bonchev–Trinajstić information content (AvgIpc) is 2.90. The molecule has 5 N–H and O–H groups in total. The maximum absolute atomic E-state index is 13.6. The van der Waals surface area contributed by atoms with E-state index in [9.17, 15) is 14.7 Å². The van der Waals surface area contributed by atoms with Gasteiger partial charge in [-0.05, 0) is 71.0 Å². The molecule has 1 aromatic carbocycles. The molecule has 0 aliphatic heterocycles. The number of amides is 1. The van der Waals surface area contributed by atoms with Crippen molar-refractivity contribution in [3.05, 3.63) is 80.8 Å². The highest BCUT2D eigenvalue weighted by atomic mass is 16.5. The third-order valence-electron chi connectivity index (χ3n) is 6.18. The van der Waals surface area contributed by atoms with Gasteiger partial charge in [-0.2, -0.15) is 0 Å². The van der Waals surface area contributed by atoms with E-state index < -0.39 is 6.10 Å². The summed E-state index contributed by atoms with van der Waals surface area (Å²) in [4.78, 5) is 33.9. The van der Waals surface area contributed by atoms with Crippen LogP contribution >= 0.6 is 0 Å². The van der Waals surface area contributed by atoms with Crippen molar-refractivity contribution in [1.29, 1.82) is 0 Å². The van der Waals surface area contributed by atoms with Gasteiger partial charge in [-0.25, -0.2) is 4.98 Å². The van der Waals surface area contributed by atoms with Crippen molar-refractivity contribution < 1.29 is 14.6 Å². The molecule has 0 radical (unpaired) electrons. The zero-order chi connectivity index (χ0) is 29.2. The fraction of sp³-hybridized carbons (Fsp3) is 0.387. The number of anilines is 1. The minimum atomic E-state index is -0.641. The quantitative estimate of drug-likeness (QED) is 0.217. The number of nitrogens with one attached hydrogen (secondary N) is 4. The van der Waals surface area contributed by atoms with Crippen molar-refractivity contribution in [2.24, 2.45) is 0 Å². The van der Waals surface area contributed by atoms with E-state index in [2.05, 4.69) is 20.9 Å². The molecule has 0 fully saturated rings. The molecule has 2 heterocycles. The van der Waals surface area contributed by atoms with Gasteiger partial charge in [-0.1, -0.05) is 31.2 Å². The number of H-pyrrole nitrogens is 1. The predicted octanol–water partition coefficient (Wildman–Crippen LogP) is 4.19. The lowest BCUT2D eigenvalue weighted by Crippen LogP contribution is -2.29. The number of aliphatic hydroxyl groups is 1. The number of carbonyl (C=O) groups excluding carboxylic acids is 1. The third-order valence-corrected chi connectivity index (χ3v) is 6.18. The van der Waals surface area contributed by atoms with Crippen molar-refractivity contribution >= 4 is 17.8 Å². The fourth-order valence-corrected chi connectivity index (χ4v) is 4.28. The van der Waals surface area contributed by atoms with E-state index in [0.717, 1.165) is 23.2 Å². The molecule has 9 nitrogen and oxygen atoms in total. The maximum Gasteiger partial charge on any atom is 0.253 e. The number of aromatic amines is 1. The van der Waals surface area contributed by atoms with Crippen molar-refractivity contribution in [2.75, 3.05) is 25.5 Å². The lowest BCUT2D eigenvalue weighted by Gasteiger charge is -2.18. The van der Waals surface area contributed by atoms with E-state index in [1.54, 1.807) is 13.1 Å². The first-order valence-corrected chi connectivity index (χ1v) is 13.6. The first-order valence-electron chi connectivity index (χ1n) is 13.6. The van der Waals surface area contributed by atoms with E-state index in [4.69, 9.17) is 9.72 Å². The number of pyridine rings is 2. The van der Waals surface area contributed by atoms with Gasteiger partial charge in [0.15, 0.2) is 0 Å². The summed E-state index contributed by atoms with van der Waals surface area (Å²) in [6.45, 7) is 10.4. The molecule has 214 valence electrons. The van der Waals surface area contributed by atoms with Gasteiger partial charge in [0.2, 0.25) is 0 Å². The summed E-state index contributed by atoms with van der Waals surface area (Å²) in [5.41, 5.74) is 4.37. The monoisotopic (exact) mass is 547 g/mol. The molecule has 40 heavy (non-hydrogen) atoms. The minimum absolute atomic E-state index is 0.0736. The summed E-state index contributed by atoms with van der Waals surface area (Å²) in [5.74, 6) is 0.860. The summed E-state index contributed by atoms with van der Waals surface area (Å²) in [5, 5.41) is 19.3. The van der Waals surface area contributed by atoms with Crippen LogP contribution in [0.25, 0.3) is 17.3 Å². The Morgan fingerprint density at radius 3 is 2.65 bits per heavy atom. The molecule has 0 spiro atoms. The number of hydrogen-bond acceptors (Lipinski definition) is 7. The number of likely N-dealkylation sites (N-methyl/N-ethyl adjacent to an activating group) is 1. The van der Waals surface area contributed by atoms with Crippen molar-refractivity contribution in [1.82, 2.24) is 20.6 Å². The summed E-state index contributed by atoms with van der Waals surface area (Å²) in [6.07, 6.45) is 4.04. The second-order valence-electron chi connectivity index (χ2n) is 10.1. The smallest absolute Gasteiger partial charge is 0.253 e. The summed E-state index contributed by atoms with van der Waals surface area (Å²) in [6, 6.07) is 11.1. The number of aromatic nitrogens is 2. The molecule has 1 amide bonds. The topological polar surface area (TPSA) is 128 Å². The molecule has 3 aromatic rings. The second kappa shape index (κ2) is 14.4. The average molecular weight is 548 g/mol. The standard InChI is InChI=1S/C31H41N5O4/c1-7-8-12-25-26(30(38)33-17-27-20(4)13-21(5)35-31(27)39)15-28(36-29(25)34-19(2)3)22-10-9-11-24(14-22)40-18-23(37)16-32-6/h8-15,19,23,32,37H,7,16-18H2,1-6H3,(H,33,38)(H,34,36)(H,35,39)/b12-8+. The van der Waals surface area contributed by atoms with E-state index in [0.29, 0.717) is 40.5 Å². The Morgan fingerprint density at radius 1 is 1.20 bits per heavy atom. The van der Waals surface area contributed by atoms with Gasteiger partial charge < -0.3 is 30.8 Å². The van der Waals surface area contributed by atoms with Gasteiger partial charge in [0, 0.05) is 41.5 Å². The van der Waals surface area contributed by atoms with E-state index in [1.165, 1.54) is 0 Å². The van der Waals surface area contributed by atoms with Gasteiger partial charge in [0.25, 0.3) is 11.5 Å². The van der Waals surface area contributed by atoms with Crippen LogP contribution in [0.2, 0.25) is 0 Å². The Kier molecular flexibility index (Phi) is 11.0. The molecule has 1 unspecified atom stereocenters. The normalized spacial score (nSPS) is 12.1. The lowest BCUT2D eigenvalue weighted by atomic mass is 10.0. The van der Waals surface area contributed by atoms with Crippen molar-refractivity contribution in [3.8, 4) is 17.0 Å².